The van der Waals surface area contributed by atoms with Crippen LogP contribution in [-0.2, 0) is 4.74 Å². The van der Waals surface area contributed by atoms with Crippen molar-refractivity contribution in [2.45, 2.75) is 56.7 Å². The third-order valence-corrected chi connectivity index (χ3v) is 6.14. The van der Waals surface area contributed by atoms with Gasteiger partial charge >= 0.3 is 0 Å². The zero-order valence-corrected chi connectivity index (χ0v) is 18.0. The SMILES string of the molecule is COCCCNc1nc2c(C(=O)NC3CC4CCCC(C3)N4C)cccc2o1.Cl. The number of nitrogens with zero attached hydrogens (tertiary/aromatic N) is 2. The van der Waals surface area contributed by atoms with Gasteiger partial charge in [-0.2, -0.15) is 4.98 Å². The Hall–Kier alpha value is -1.83. The minimum atomic E-state index is -0.0579. The number of hydrogen-bond acceptors (Lipinski definition) is 6. The third-order valence-electron chi connectivity index (χ3n) is 6.14. The van der Waals surface area contributed by atoms with E-state index in [4.69, 9.17) is 9.15 Å². The average Bonchev–Trinajstić information content (AvgIpc) is 3.09. The van der Waals surface area contributed by atoms with Crippen LogP contribution in [0, 0.1) is 0 Å². The van der Waals surface area contributed by atoms with Gasteiger partial charge in [-0.15, -0.1) is 12.4 Å². The van der Waals surface area contributed by atoms with E-state index < -0.39 is 0 Å². The first-order chi connectivity index (χ1) is 13.7. The number of aromatic nitrogens is 1. The lowest BCUT2D eigenvalue weighted by Crippen LogP contribution is -2.55. The summed E-state index contributed by atoms with van der Waals surface area (Å²) in [6.07, 6.45) is 6.69. The van der Waals surface area contributed by atoms with Crippen molar-refractivity contribution in [3.8, 4) is 0 Å². The number of anilines is 1. The highest BCUT2D eigenvalue weighted by atomic mass is 35.5. The maximum Gasteiger partial charge on any atom is 0.295 e. The Bertz CT molecular complexity index is 813. The number of oxazole rings is 1. The van der Waals surface area contributed by atoms with Gasteiger partial charge in [-0.05, 0) is 51.3 Å². The average molecular weight is 423 g/mol. The Morgan fingerprint density at radius 1 is 1.31 bits per heavy atom. The fourth-order valence-corrected chi connectivity index (χ4v) is 4.62. The number of para-hydroxylation sites is 1. The first-order valence-corrected chi connectivity index (χ1v) is 10.3. The van der Waals surface area contributed by atoms with Crippen LogP contribution >= 0.6 is 12.4 Å². The molecule has 0 spiro atoms. The van der Waals surface area contributed by atoms with Gasteiger partial charge in [-0.3, -0.25) is 4.79 Å². The molecule has 3 heterocycles. The smallest absolute Gasteiger partial charge is 0.295 e. The molecule has 1 aromatic heterocycles. The Balaban J connectivity index is 0.00000240. The van der Waals surface area contributed by atoms with E-state index in [2.05, 4.69) is 27.6 Å². The lowest BCUT2D eigenvalue weighted by atomic mass is 9.82. The number of amides is 1. The largest absolute Gasteiger partial charge is 0.424 e. The molecule has 1 aromatic carbocycles. The van der Waals surface area contributed by atoms with Gasteiger partial charge in [-0.25, -0.2) is 0 Å². The molecule has 8 heteroatoms. The highest BCUT2D eigenvalue weighted by Crippen LogP contribution is 2.33. The Kier molecular flexibility index (Phi) is 7.38. The Labute approximate surface area is 178 Å². The minimum Gasteiger partial charge on any atom is -0.424 e. The number of fused-ring (bicyclic) bond motifs is 3. The number of carbonyl (C=O) groups is 1. The molecule has 2 aliphatic heterocycles. The molecule has 2 saturated heterocycles. The summed E-state index contributed by atoms with van der Waals surface area (Å²) in [5.74, 6) is -0.0579. The Morgan fingerprint density at radius 2 is 2.07 bits per heavy atom. The van der Waals surface area contributed by atoms with Crippen molar-refractivity contribution in [3.05, 3.63) is 23.8 Å². The molecule has 1 amide bonds. The van der Waals surface area contributed by atoms with Crippen LogP contribution in [0.2, 0.25) is 0 Å². The Morgan fingerprint density at radius 3 is 2.79 bits per heavy atom. The molecule has 4 rings (SSSR count). The minimum absolute atomic E-state index is 0. The van der Waals surface area contributed by atoms with Crippen LogP contribution < -0.4 is 10.6 Å². The van der Waals surface area contributed by atoms with Crippen molar-refractivity contribution in [2.24, 2.45) is 0 Å². The summed E-state index contributed by atoms with van der Waals surface area (Å²) in [5.41, 5.74) is 1.82. The summed E-state index contributed by atoms with van der Waals surface area (Å²) in [4.78, 5) is 20.0. The van der Waals surface area contributed by atoms with E-state index >= 15 is 0 Å². The molecule has 2 unspecified atom stereocenters. The standard InChI is InChI=1S/C21H30N4O3.ClH/c1-25-15-6-3-7-16(25)13-14(12-15)23-20(26)17-8-4-9-18-19(17)24-21(28-18)22-10-5-11-27-2;/h4,8-9,14-16H,3,5-7,10-13H2,1-2H3,(H,22,24)(H,23,26);1H. The number of benzene rings is 1. The lowest BCUT2D eigenvalue weighted by Gasteiger charge is -2.47. The van der Waals surface area contributed by atoms with E-state index in [-0.39, 0.29) is 24.4 Å². The molecular formula is C21H31ClN4O3. The number of rotatable bonds is 7. The molecular weight excluding hydrogens is 392 g/mol. The topological polar surface area (TPSA) is 79.6 Å². The van der Waals surface area contributed by atoms with E-state index in [0.717, 1.165) is 19.3 Å². The van der Waals surface area contributed by atoms with Crippen LogP contribution in [0.15, 0.2) is 22.6 Å². The van der Waals surface area contributed by atoms with Crippen LogP contribution in [0.1, 0.15) is 48.9 Å². The van der Waals surface area contributed by atoms with Crippen LogP contribution in [-0.4, -0.2) is 61.2 Å². The monoisotopic (exact) mass is 422 g/mol. The number of halogens is 1. The fraction of sp³-hybridized carbons (Fsp3) is 0.619. The molecule has 2 fully saturated rings. The molecule has 2 aliphatic rings. The summed E-state index contributed by atoms with van der Waals surface area (Å²) < 4.78 is 10.8. The fourth-order valence-electron chi connectivity index (χ4n) is 4.62. The zero-order chi connectivity index (χ0) is 19.5. The van der Waals surface area contributed by atoms with Crippen LogP contribution in [0.25, 0.3) is 11.1 Å². The van der Waals surface area contributed by atoms with Crippen LogP contribution in [0.3, 0.4) is 0 Å². The van der Waals surface area contributed by atoms with Gasteiger partial charge < -0.3 is 24.7 Å². The molecule has 0 radical (unpaired) electrons. The maximum atomic E-state index is 13.0. The molecule has 2 bridgehead atoms. The summed E-state index contributed by atoms with van der Waals surface area (Å²) >= 11 is 0. The van der Waals surface area contributed by atoms with E-state index in [1.807, 2.05) is 18.2 Å². The van der Waals surface area contributed by atoms with Crippen LogP contribution in [0.4, 0.5) is 6.01 Å². The second-order valence-electron chi connectivity index (χ2n) is 7.99. The number of piperidine rings is 2. The van der Waals surface area contributed by atoms with Crippen molar-refractivity contribution >= 4 is 35.4 Å². The lowest BCUT2D eigenvalue weighted by molar-refractivity contribution is 0.0463. The van der Waals surface area contributed by atoms with E-state index in [9.17, 15) is 4.79 Å². The summed E-state index contributed by atoms with van der Waals surface area (Å²) in [5, 5.41) is 6.41. The summed E-state index contributed by atoms with van der Waals surface area (Å²) in [6.45, 7) is 1.39. The number of carbonyl (C=O) groups excluding carboxylic acids is 1. The van der Waals surface area contributed by atoms with Gasteiger partial charge in [0.15, 0.2) is 5.58 Å². The number of methoxy groups -OCH3 is 1. The maximum absolute atomic E-state index is 13.0. The van der Waals surface area contributed by atoms with Crippen molar-refractivity contribution < 1.29 is 13.9 Å². The van der Waals surface area contributed by atoms with E-state index in [1.54, 1.807) is 7.11 Å². The van der Waals surface area contributed by atoms with Gasteiger partial charge in [0, 0.05) is 38.4 Å². The second-order valence-corrected chi connectivity index (χ2v) is 7.99. The van der Waals surface area contributed by atoms with E-state index in [0.29, 0.717) is 47.9 Å². The van der Waals surface area contributed by atoms with E-state index in [1.165, 1.54) is 19.3 Å². The predicted molar refractivity (Wildman–Crippen MR) is 116 cm³/mol. The first kappa shape index (κ1) is 21.9. The molecule has 0 saturated carbocycles. The summed E-state index contributed by atoms with van der Waals surface area (Å²) in [6, 6.07) is 7.37. The number of hydrogen-bond donors (Lipinski definition) is 2. The van der Waals surface area contributed by atoms with Gasteiger partial charge in [0.05, 0.1) is 5.56 Å². The van der Waals surface area contributed by atoms with Crippen molar-refractivity contribution in [1.82, 2.24) is 15.2 Å². The van der Waals surface area contributed by atoms with Gasteiger partial charge in [-0.1, -0.05) is 12.5 Å². The third kappa shape index (κ3) is 4.85. The van der Waals surface area contributed by atoms with Crippen LogP contribution in [0.5, 0.6) is 0 Å². The number of nitrogens with one attached hydrogen (secondary N) is 2. The molecule has 7 nitrogen and oxygen atoms in total. The summed E-state index contributed by atoms with van der Waals surface area (Å²) in [7, 11) is 3.91. The molecule has 29 heavy (non-hydrogen) atoms. The van der Waals surface area contributed by atoms with Crippen molar-refractivity contribution in [1.29, 1.82) is 0 Å². The first-order valence-electron chi connectivity index (χ1n) is 10.3. The van der Waals surface area contributed by atoms with Crippen molar-refractivity contribution in [2.75, 3.05) is 32.6 Å². The number of ether oxygens (including phenoxy) is 1. The highest BCUT2D eigenvalue weighted by molar-refractivity contribution is 6.04. The highest BCUT2D eigenvalue weighted by Gasteiger charge is 2.36. The molecule has 2 aromatic rings. The molecule has 0 aliphatic carbocycles. The normalized spacial score (nSPS) is 24.1. The predicted octanol–water partition coefficient (Wildman–Crippen LogP) is 3.44. The quantitative estimate of drug-likeness (QED) is 0.665. The molecule has 2 N–H and O–H groups in total. The van der Waals surface area contributed by atoms with Gasteiger partial charge in [0.1, 0.15) is 5.52 Å². The molecule has 2 atom stereocenters. The zero-order valence-electron chi connectivity index (χ0n) is 17.1. The molecule has 160 valence electrons. The van der Waals surface area contributed by atoms with Crippen molar-refractivity contribution in [3.63, 3.8) is 0 Å². The van der Waals surface area contributed by atoms with Gasteiger partial charge in [0.2, 0.25) is 0 Å². The second kappa shape index (κ2) is 9.78. The van der Waals surface area contributed by atoms with Gasteiger partial charge in [0.25, 0.3) is 11.9 Å².